The van der Waals surface area contributed by atoms with Crippen molar-refractivity contribution in [3.05, 3.63) is 15.9 Å². The summed E-state index contributed by atoms with van der Waals surface area (Å²) in [6, 6.07) is 0.450. The molecule has 19 heavy (non-hydrogen) atoms. The highest BCUT2D eigenvalue weighted by Gasteiger charge is 2.25. The van der Waals surface area contributed by atoms with Crippen molar-refractivity contribution in [2.45, 2.75) is 65.6 Å². The molecule has 4 nitrogen and oxygen atoms in total. The molecule has 1 atom stereocenters. The van der Waals surface area contributed by atoms with Crippen LogP contribution in [0.2, 0.25) is 0 Å². The van der Waals surface area contributed by atoms with Crippen LogP contribution < -0.4 is 5.32 Å². The topological polar surface area (TPSA) is 50.1 Å². The molecule has 0 amide bonds. The van der Waals surface area contributed by atoms with Gasteiger partial charge in [0.1, 0.15) is 0 Å². The zero-order valence-corrected chi connectivity index (χ0v) is 14.2. The van der Waals surface area contributed by atoms with Crippen molar-refractivity contribution >= 4 is 15.9 Å². The number of halogens is 1. The van der Waals surface area contributed by atoms with E-state index in [1.54, 1.807) is 0 Å². The van der Waals surface area contributed by atoms with Gasteiger partial charge in [-0.05, 0) is 49.7 Å². The van der Waals surface area contributed by atoms with E-state index in [4.69, 9.17) is 0 Å². The van der Waals surface area contributed by atoms with E-state index in [1.165, 1.54) is 0 Å². The molecule has 0 aliphatic rings. The molecule has 0 saturated heterocycles. The normalized spacial score (nSPS) is 14.9. The minimum atomic E-state index is -0.718. The molecule has 2 N–H and O–H groups in total. The van der Waals surface area contributed by atoms with Gasteiger partial charge in [-0.15, -0.1) is 0 Å². The third-order valence-electron chi connectivity index (χ3n) is 3.22. The first-order valence-corrected chi connectivity index (χ1v) is 7.73. The molecule has 1 aromatic rings. The van der Waals surface area contributed by atoms with E-state index in [1.807, 2.05) is 18.5 Å². The Labute approximate surface area is 124 Å². The van der Waals surface area contributed by atoms with Crippen molar-refractivity contribution < 1.29 is 5.11 Å². The average Bonchev–Trinajstić information content (AvgIpc) is 2.55. The fraction of sp³-hybridized carbons (Fsp3) is 0.786. The molecule has 0 aliphatic carbocycles. The van der Waals surface area contributed by atoms with E-state index in [2.05, 4.69) is 47.1 Å². The molecular weight excluding hydrogens is 306 g/mol. The van der Waals surface area contributed by atoms with Gasteiger partial charge in [-0.3, -0.25) is 4.68 Å². The maximum absolute atomic E-state index is 10.5. The van der Waals surface area contributed by atoms with Gasteiger partial charge in [0.15, 0.2) is 0 Å². The van der Waals surface area contributed by atoms with Crippen LogP contribution in [0.1, 0.15) is 45.5 Å². The van der Waals surface area contributed by atoms with Gasteiger partial charge < -0.3 is 10.4 Å². The van der Waals surface area contributed by atoms with Crippen molar-refractivity contribution in [2.75, 3.05) is 6.54 Å². The van der Waals surface area contributed by atoms with E-state index in [9.17, 15) is 5.11 Å². The molecule has 1 rings (SSSR count). The minimum absolute atomic E-state index is 0.450. The summed E-state index contributed by atoms with van der Waals surface area (Å²) in [5, 5.41) is 18.3. The molecule has 0 aliphatic heterocycles. The summed E-state index contributed by atoms with van der Waals surface area (Å²) < 4.78 is 2.98. The molecule has 1 aromatic heterocycles. The molecular formula is C14H26BrN3O. The standard InChI is InChI=1S/C14H26BrN3O/c1-6-18-12(13(15)11(4)17-18)9-14(5,19)7-8-16-10(2)3/h10,16,19H,6-9H2,1-5H3. The SMILES string of the molecule is CCn1nc(C)c(Br)c1CC(C)(O)CCNC(C)C. The van der Waals surface area contributed by atoms with Crippen LogP contribution in [0, 0.1) is 6.92 Å². The Kier molecular flexibility index (Phi) is 6.02. The molecule has 0 spiro atoms. The van der Waals surface area contributed by atoms with Crippen molar-refractivity contribution in [2.24, 2.45) is 0 Å². The van der Waals surface area contributed by atoms with E-state index in [0.717, 1.165) is 35.4 Å². The largest absolute Gasteiger partial charge is 0.390 e. The second kappa shape index (κ2) is 6.86. The van der Waals surface area contributed by atoms with Crippen LogP contribution in [0.15, 0.2) is 4.47 Å². The van der Waals surface area contributed by atoms with Crippen molar-refractivity contribution in [1.29, 1.82) is 0 Å². The molecule has 0 radical (unpaired) electrons. The first-order valence-electron chi connectivity index (χ1n) is 6.94. The van der Waals surface area contributed by atoms with E-state index >= 15 is 0 Å². The van der Waals surface area contributed by atoms with E-state index in [0.29, 0.717) is 12.5 Å². The third-order valence-corrected chi connectivity index (χ3v) is 4.25. The molecule has 5 heteroatoms. The Hall–Kier alpha value is -0.390. The van der Waals surface area contributed by atoms with Crippen molar-refractivity contribution in [1.82, 2.24) is 15.1 Å². The number of aryl methyl sites for hydroxylation is 2. The quantitative estimate of drug-likeness (QED) is 0.807. The van der Waals surface area contributed by atoms with Crippen LogP contribution in [-0.2, 0) is 13.0 Å². The van der Waals surface area contributed by atoms with Crippen LogP contribution in [0.25, 0.3) is 0 Å². The van der Waals surface area contributed by atoms with Crippen LogP contribution in [0.4, 0.5) is 0 Å². The Morgan fingerprint density at radius 1 is 1.47 bits per heavy atom. The number of hydrogen-bond acceptors (Lipinski definition) is 3. The van der Waals surface area contributed by atoms with Gasteiger partial charge in [0, 0.05) is 19.0 Å². The van der Waals surface area contributed by atoms with Crippen LogP contribution in [0.5, 0.6) is 0 Å². The molecule has 0 saturated carbocycles. The van der Waals surface area contributed by atoms with Gasteiger partial charge in [-0.25, -0.2) is 0 Å². The zero-order valence-electron chi connectivity index (χ0n) is 12.6. The smallest absolute Gasteiger partial charge is 0.0738 e. The van der Waals surface area contributed by atoms with E-state index in [-0.39, 0.29) is 0 Å². The Balaban J connectivity index is 2.71. The fourth-order valence-electron chi connectivity index (χ4n) is 2.12. The lowest BCUT2D eigenvalue weighted by molar-refractivity contribution is 0.0488. The Bertz CT molecular complexity index is 413. The number of aromatic nitrogens is 2. The van der Waals surface area contributed by atoms with Gasteiger partial charge >= 0.3 is 0 Å². The second-order valence-corrected chi connectivity index (χ2v) is 6.49. The summed E-state index contributed by atoms with van der Waals surface area (Å²) in [7, 11) is 0. The zero-order chi connectivity index (χ0) is 14.6. The summed E-state index contributed by atoms with van der Waals surface area (Å²) in [4.78, 5) is 0. The molecule has 1 heterocycles. The average molecular weight is 332 g/mol. The Morgan fingerprint density at radius 2 is 2.11 bits per heavy atom. The van der Waals surface area contributed by atoms with Crippen LogP contribution in [-0.4, -0.2) is 33.1 Å². The monoisotopic (exact) mass is 331 g/mol. The molecule has 0 fully saturated rings. The first kappa shape index (κ1) is 16.7. The van der Waals surface area contributed by atoms with Crippen LogP contribution >= 0.6 is 15.9 Å². The van der Waals surface area contributed by atoms with Gasteiger partial charge in [0.2, 0.25) is 0 Å². The fourth-order valence-corrected chi connectivity index (χ4v) is 2.54. The maximum Gasteiger partial charge on any atom is 0.0738 e. The highest BCUT2D eigenvalue weighted by atomic mass is 79.9. The lowest BCUT2D eigenvalue weighted by Gasteiger charge is -2.24. The predicted octanol–water partition coefficient (Wildman–Crippen LogP) is 2.66. The number of nitrogens with one attached hydrogen (secondary N) is 1. The summed E-state index contributed by atoms with van der Waals surface area (Å²) in [6.45, 7) is 11.8. The Morgan fingerprint density at radius 3 is 2.63 bits per heavy atom. The molecule has 0 aromatic carbocycles. The molecule has 1 unspecified atom stereocenters. The van der Waals surface area contributed by atoms with Gasteiger partial charge in [0.25, 0.3) is 0 Å². The number of aliphatic hydroxyl groups is 1. The number of rotatable bonds is 7. The minimum Gasteiger partial charge on any atom is -0.390 e. The molecule has 110 valence electrons. The van der Waals surface area contributed by atoms with E-state index < -0.39 is 5.60 Å². The van der Waals surface area contributed by atoms with Gasteiger partial charge in [-0.1, -0.05) is 13.8 Å². The summed E-state index contributed by atoms with van der Waals surface area (Å²) in [5.74, 6) is 0. The maximum atomic E-state index is 10.5. The summed E-state index contributed by atoms with van der Waals surface area (Å²) in [5.41, 5.74) is 1.34. The number of hydrogen-bond donors (Lipinski definition) is 2. The summed E-state index contributed by atoms with van der Waals surface area (Å²) in [6.07, 6.45) is 1.34. The lowest BCUT2D eigenvalue weighted by atomic mass is 9.95. The third kappa shape index (κ3) is 4.89. The second-order valence-electron chi connectivity index (χ2n) is 5.69. The summed E-state index contributed by atoms with van der Waals surface area (Å²) >= 11 is 3.58. The van der Waals surface area contributed by atoms with Crippen molar-refractivity contribution in [3.63, 3.8) is 0 Å². The number of nitrogens with zero attached hydrogens (tertiary/aromatic N) is 2. The van der Waals surface area contributed by atoms with Gasteiger partial charge in [-0.2, -0.15) is 5.10 Å². The van der Waals surface area contributed by atoms with Crippen LogP contribution in [0.3, 0.4) is 0 Å². The van der Waals surface area contributed by atoms with Crippen molar-refractivity contribution in [3.8, 4) is 0 Å². The van der Waals surface area contributed by atoms with Gasteiger partial charge in [0.05, 0.1) is 21.5 Å². The first-order chi connectivity index (χ1) is 8.76. The molecule has 0 bridgehead atoms. The lowest BCUT2D eigenvalue weighted by Crippen LogP contribution is -2.35. The predicted molar refractivity (Wildman–Crippen MR) is 82.4 cm³/mol. The highest BCUT2D eigenvalue weighted by Crippen LogP contribution is 2.26. The highest BCUT2D eigenvalue weighted by molar-refractivity contribution is 9.10.